The highest BCUT2D eigenvalue weighted by molar-refractivity contribution is 6.21. The largest absolute Gasteiger partial charge is 0.392 e. The SMILES string of the molecule is CCCCCCCCN(CCCCCCCC)C[C@@H]1O[C@H](c2ccc(-c3cccc(CN4C(=O)c5ccccc5C4=O)c3)cc2)O[C@H](c2ccc(CO)cc2)[C@@H]1C. The van der Waals surface area contributed by atoms with Gasteiger partial charge in [0.05, 0.1) is 36.5 Å². The molecule has 7 heteroatoms. The van der Waals surface area contributed by atoms with Gasteiger partial charge in [-0.25, -0.2) is 0 Å². The van der Waals surface area contributed by atoms with Gasteiger partial charge in [-0.1, -0.05) is 164 Å². The van der Waals surface area contributed by atoms with Gasteiger partial charge in [0.1, 0.15) is 0 Å². The van der Waals surface area contributed by atoms with E-state index in [0.29, 0.717) is 11.1 Å². The van der Waals surface area contributed by atoms with E-state index in [2.05, 4.69) is 74.2 Å². The lowest BCUT2D eigenvalue weighted by Crippen LogP contribution is -2.45. The van der Waals surface area contributed by atoms with E-state index >= 15 is 0 Å². The molecule has 4 aromatic rings. The van der Waals surface area contributed by atoms with Crippen molar-refractivity contribution in [3.05, 3.63) is 130 Å². The van der Waals surface area contributed by atoms with Crippen LogP contribution < -0.4 is 0 Å². The zero-order valence-corrected chi connectivity index (χ0v) is 34.5. The maximum Gasteiger partial charge on any atom is 0.261 e. The van der Waals surface area contributed by atoms with E-state index in [1.807, 2.05) is 24.3 Å². The predicted octanol–water partition coefficient (Wildman–Crippen LogP) is 11.5. The highest BCUT2D eigenvalue weighted by atomic mass is 16.7. The number of amides is 2. The molecule has 0 saturated carbocycles. The van der Waals surface area contributed by atoms with Crippen LogP contribution in [-0.4, -0.2) is 52.5 Å². The van der Waals surface area contributed by atoms with Crippen molar-refractivity contribution in [2.75, 3.05) is 19.6 Å². The summed E-state index contributed by atoms with van der Waals surface area (Å²) < 4.78 is 13.8. The summed E-state index contributed by atoms with van der Waals surface area (Å²) in [7, 11) is 0. The lowest BCUT2D eigenvalue weighted by Gasteiger charge is -2.43. The van der Waals surface area contributed by atoms with Crippen molar-refractivity contribution in [3.8, 4) is 11.1 Å². The molecule has 1 fully saturated rings. The van der Waals surface area contributed by atoms with Gasteiger partial charge in [0, 0.05) is 18.0 Å². The number of rotatable bonds is 22. The Morgan fingerprint density at radius 1 is 0.614 bits per heavy atom. The molecule has 1 saturated heterocycles. The highest BCUT2D eigenvalue weighted by Gasteiger charge is 2.39. The van der Waals surface area contributed by atoms with Crippen LogP contribution in [0.5, 0.6) is 0 Å². The molecule has 6 rings (SSSR count). The van der Waals surface area contributed by atoms with E-state index in [4.69, 9.17) is 9.47 Å². The van der Waals surface area contributed by atoms with Crippen LogP contribution in [-0.2, 0) is 22.6 Å². The molecule has 2 heterocycles. The van der Waals surface area contributed by atoms with Gasteiger partial charge >= 0.3 is 0 Å². The molecule has 4 aromatic carbocycles. The first-order chi connectivity index (χ1) is 27.9. The Labute approximate surface area is 341 Å². The van der Waals surface area contributed by atoms with Crippen molar-refractivity contribution in [2.24, 2.45) is 5.92 Å². The molecule has 0 bridgehead atoms. The third kappa shape index (κ3) is 11.3. The second-order valence-electron chi connectivity index (χ2n) is 16.2. The zero-order valence-electron chi connectivity index (χ0n) is 34.5. The third-order valence-corrected chi connectivity index (χ3v) is 11.9. The number of aliphatic hydroxyl groups is 1. The lowest BCUT2D eigenvalue weighted by molar-refractivity contribution is -0.276. The van der Waals surface area contributed by atoms with Crippen LogP contribution in [0, 0.1) is 5.92 Å². The number of benzene rings is 4. The highest BCUT2D eigenvalue weighted by Crippen LogP contribution is 2.42. The van der Waals surface area contributed by atoms with Crippen LogP contribution in [0.1, 0.15) is 153 Å². The first-order valence-corrected chi connectivity index (χ1v) is 21.8. The molecular weight excluding hydrogens is 709 g/mol. The number of unbranched alkanes of at least 4 members (excludes halogenated alkanes) is 10. The fourth-order valence-corrected chi connectivity index (χ4v) is 8.36. The standard InChI is InChI=1S/C50H64N2O5/c1-4-6-8-10-12-16-31-51(32-17-13-11-9-7-5-2)35-46-37(3)47(41-25-23-38(36-53)24-26-41)57-50(56-46)42-29-27-40(28-30-42)43-20-18-19-39(33-43)34-52-48(54)44-21-14-15-22-45(44)49(52)55/h14-15,18-30,33,37,46-47,50,53H,4-13,16-17,31-32,34-36H2,1-3H3/t37-,46+,47+,50+/m1/s1. The lowest BCUT2D eigenvalue weighted by atomic mass is 9.89. The van der Waals surface area contributed by atoms with Crippen LogP contribution in [0.3, 0.4) is 0 Å². The predicted molar refractivity (Wildman–Crippen MR) is 229 cm³/mol. The number of carbonyl (C=O) groups excluding carboxylic acids is 2. The van der Waals surface area contributed by atoms with Crippen LogP contribution in [0.25, 0.3) is 11.1 Å². The van der Waals surface area contributed by atoms with E-state index in [1.54, 1.807) is 24.3 Å². The summed E-state index contributed by atoms with van der Waals surface area (Å²) in [6.07, 6.45) is 14.7. The Bertz CT molecular complexity index is 1810. The van der Waals surface area contributed by atoms with Crippen molar-refractivity contribution >= 4 is 11.8 Å². The van der Waals surface area contributed by atoms with Gasteiger partial charge in [-0.15, -0.1) is 0 Å². The summed E-state index contributed by atoms with van der Waals surface area (Å²) in [5.74, 6) is -0.371. The molecule has 304 valence electrons. The molecule has 0 aromatic heterocycles. The Morgan fingerprint density at radius 2 is 1.19 bits per heavy atom. The minimum atomic E-state index is -0.534. The number of hydrogen-bond donors (Lipinski definition) is 1. The number of nitrogens with zero attached hydrogens (tertiary/aromatic N) is 2. The third-order valence-electron chi connectivity index (χ3n) is 11.9. The molecule has 57 heavy (non-hydrogen) atoms. The smallest absolute Gasteiger partial charge is 0.261 e. The molecule has 2 aliphatic rings. The van der Waals surface area contributed by atoms with Gasteiger partial charge in [0.15, 0.2) is 6.29 Å². The molecule has 2 amide bonds. The molecule has 0 aliphatic carbocycles. The number of fused-ring (bicyclic) bond motifs is 1. The van der Waals surface area contributed by atoms with Crippen LogP contribution >= 0.6 is 0 Å². The molecule has 0 radical (unpaired) electrons. The zero-order chi connectivity index (χ0) is 40.0. The molecule has 0 unspecified atom stereocenters. The average Bonchev–Trinajstić information content (AvgIpc) is 3.48. The summed E-state index contributed by atoms with van der Waals surface area (Å²) in [5.41, 5.74) is 6.81. The fourth-order valence-electron chi connectivity index (χ4n) is 8.36. The van der Waals surface area contributed by atoms with Crippen LogP contribution in [0.15, 0.2) is 97.1 Å². The molecular formula is C50H64N2O5. The second kappa shape index (κ2) is 21.6. The maximum absolute atomic E-state index is 13.0. The first kappa shape index (κ1) is 42.5. The van der Waals surface area contributed by atoms with Gasteiger partial charge in [0.25, 0.3) is 11.8 Å². The quantitative estimate of drug-likeness (QED) is 0.0633. The van der Waals surface area contributed by atoms with Gasteiger partial charge in [-0.2, -0.15) is 0 Å². The van der Waals surface area contributed by atoms with E-state index in [-0.39, 0.29) is 43.1 Å². The summed E-state index contributed by atoms with van der Waals surface area (Å²) in [5, 5.41) is 9.74. The Hall–Kier alpha value is -4.14. The topological polar surface area (TPSA) is 79.3 Å². The summed E-state index contributed by atoms with van der Waals surface area (Å²) >= 11 is 0. The first-order valence-electron chi connectivity index (χ1n) is 21.8. The number of aliphatic hydroxyl groups excluding tert-OH is 1. The summed E-state index contributed by atoms with van der Waals surface area (Å²) in [6, 6.07) is 31.6. The molecule has 2 aliphatic heterocycles. The molecule has 1 N–H and O–H groups in total. The molecule has 7 nitrogen and oxygen atoms in total. The van der Waals surface area contributed by atoms with E-state index in [0.717, 1.165) is 53.0 Å². The number of imide groups is 1. The molecule has 0 spiro atoms. The summed E-state index contributed by atoms with van der Waals surface area (Å²) in [4.78, 5) is 30.1. The van der Waals surface area contributed by atoms with Gasteiger partial charge in [0.2, 0.25) is 0 Å². The second-order valence-corrected chi connectivity index (χ2v) is 16.2. The minimum absolute atomic E-state index is 0.0135. The maximum atomic E-state index is 13.0. The minimum Gasteiger partial charge on any atom is -0.392 e. The Kier molecular flexibility index (Phi) is 16.1. The molecule has 4 atom stereocenters. The van der Waals surface area contributed by atoms with Crippen LogP contribution in [0.4, 0.5) is 0 Å². The Morgan fingerprint density at radius 3 is 1.79 bits per heavy atom. The number of carbonyl (C=O) groups is 2. The monoisotopic (exact) mass is 772 g/mol. The van der Waals surface area contributed by atoms with Crippen molar-refractivity contribution in [1.82, 2.24) is 9.80 Å². The van der Waals surface area contributed by atoms with Crippen molar-refractivity contribution in [3.63, 3.8) is 0 Å². The number of hydrogen-bond acceptors (Lipinski definition) is 6. The fraction of sp³-hybridized carbons (Fsp3) is 0.480. The van der Waals surface area contributed by atoms with Gasteiger partial charge in [-0.3, -0.25) is 14.5 Å². The average molecular weight is 773 g/mol. The summed E-state index contributed by atoms with van der Waals surface area (Å²) in [6.45, 7) is 10.1. The van der Waals surface area contributed by atoms with E-state index in [9.17, 15) is 14.7 Å². The van der Waals surface area contributed by atoms with Crippen molar-refractivity contribution < 1.29 is 24.2 Å². The number of ether oxygens (including phenoxy) is 2. The normalized spacial score (nSPS) is 19.4. The van der Waals surface area contributed by atoms with Crippen LogP contribution in [0.2, 0.25) is 0 Å². The van der Waals surface area contributed by atoms with Gasteiger partial charge < -0.3 is 19.5 Å². The Balaban J connectivity index is 1.17. The van der Waals surface area contributed by atoms with E-state index < -0.39 is 6.29 Å². The van der Waals surface area contributed by atoms with Crippen molar-refractivity contribution in [1.29, 1.82) is 0 Å². The van der Waals surface area contributed by atoms with E-state index in [1.165, 1.54) is 81.9 Å². The van der Waals surface area contributed by atoms with Gasteiger partial charge in [-0.05, 0) is 71.9 Å². The van der Waals surface area contributed by atoms with Crippen molar-refractivity contribution in [2.45, 2.75) is 129 Å².